The van der Waals surface area contributed by atoms with E-state index in [0.717, 1.165) is 16.1 Å². The lowest BCUT2D eigenvalue weighted by Gasteiger charge is -2.25. The molecular weight excluding hydrogens is 299 g/mol. The molecule has 2 N–H and O–H groups in total. The Bertz CT molecular complexity index is 608. The van der Waals surface area contributed by atoms with Crippen LogP contribution in [0.3, 0.4) is 0 Å². The highest BCUT2D eigenvalue weighted by molar-refractivity contribution is 7.88. The van der Waals surface area contributed by atoms with Crippen LogP contribution in [0.2, 0.25) is 0 Å². The molecule has 2 rings (SSSR count). The van der Waals surface area contributed by atoms with Gasteiger partial charge in [0, 0.05) is 6.54 Å². The van der Waals surface area contributed by atoms with Gasteiger partial charge in [-0.1, -0.05) is 30.3 Å². The van der Waals surface area contributed by atoms with Gasteiger partial charge in [-0.25, -0.2) is 17.6 Å². The van der Waals surface area contributed by atoms with Gasteiger partial charge in [0.25, 0.3) is 0 Å². The van der Waals surface area contributed by atoms with E-state index in [1.54, 1.807) is 24.3 Å². The number of carbonyl (C=O) groups is 1. The summed E-state index contributed by atoms with van der Waals surface area (Å²) >= 11 is 0. The highest BCUT2D eigenvalue weighted by Crippen LogP contribution is 2.29. The highest BCUT2D eigenvalue weighted by atomic mass is 32.2. The predicted octanol–water partition coefficient (Wildman–Crippen LogP) is 0.675. The second kappa shape index (κ2) is 5.98. The third-order valence-corrected chi connectivity index (χ3v) is 4.70. The number of primary amides is 1. The third-order valence-electron chi connectivity index (χ3n) is 3.43. The number of nitrogens with zero attached hydrogens (tertiary/aromatic N) is 1. The van der Waals surface area contributed by atoms with Crippen molar-refractivity contribution < 1.29 is 22.3 Å². The lowest BCUT2D eigenvalue weighted by atomic mass is 10.0. The summed E-state index contributed by atoms with van der Waals surface area (Å²) in [4.78, 5) is 10.9. The minimum atomic E-state index is -3.61. The third kappa shape index (κ3) is 3.70. The largest absolute Gasteiger partial charge is 0.442 e. The maximum Gasteiger partial charge on any atom is 0.404 e. The molecule has 0 aliphatic carbocycles. The Morgan fingerprint density at radius 1 is 1.43 bits per heavy atom. The Morgan fingerprint density at radius 3 is 2.57 bits per heavy atom. The lowest BCUT2D eigenvalue weighted by Crippen LogP contribution is -2.43. The summed E-state index contributed by atoms with van der Waals surface area (Å²) in [6, 6.07) is 8.21. The van der Waals surface area contributed by atoms with Crippen LogP contribution in [-0.2, 0) is 21.2 Å². The predicted molar refractivity (Wildman–Crippen MR) is 74.8 cm³/mol. The van der Waals surface area contributed by atoms with Crippen LogP contribution in [-0.4, -0.2) is 49.9 Å². The zero-order valence-corrected chi connectivity index (χ0v) is 12.3. The van der Waals surface area contributed by atoms with E-state index in [9.17, 15) is 17.6 Å². The van der Waals surface area contributed by atoms with Gasteiger partial charge in [0.15, 0.2) is 12.3 Å². The molecule has 0 aromatic heterocycles. The average molecular weight is 316 g/mol. The number of carbonyl (C=O) groups excluding carboxylic acids is 1. The van der Waals surface area contributed by atoms with Crippen LogP contribution in [0.1, 0.15) is 5.56 Å². The molecule has 1 aromatic rings. The summed E-state index contributed by atoms with van der Waals surface area (Å²) in [5.74, 6) is 0. The maximum absolute atomic E-state index is 14.0. The molecule has 3 atom stereocenters. The van der Waals surface area contributed by atoms with Crippen molar-refractivity contribution in [1.29, 1.82) is 0 Å². The highest BCUT2D eigenvalue weighted by Gasteiger charge is 2.48. The quantitative estimate of drug-likeness (QED) is 0.884. The minimum Gasteiger partial charge on any atom is -0.442 e. The molecule has 0 saturated carbocycles. The van der Waals surface area contributed by atoms with Crippen molar-refractivity contribution >= 4 is 16.1 Å². The number of halogens is 1. The van der Waals surface area contributed by atoms with Crippen LogP contribution < -0.4 is 5.73 Å². The Morgan fingerprint density at radius 2 is 2.05 bits per heavy atom. The number of hydrogen-bond acceptors (Lipinski definition) is 4. The first-order valence-electron chi connectivity index (χ1n) is 6.40. The van der Waals surface area contributed by atoms with E-state index < -0.39 is 34.4 Å². The fourth-order valence-electron chi connectivity index (χ4n) is 2.56. The number of amides is 1. The van der Waals surface area contributed by atoms with E-state index >= 15 is 0 Å². The van der Waals surface area contributed by atoms with Gasteiger partial charge < -0.3 is 10.5 Å². The molecule has 1 heterocycles. The van der Waals surface area contributed by atoms with Crippen LogP contribution in [0.25, 0.3) is 0 Å². The normalized spacial score (nSPS) is 26.7. The topological polar surface area (TPSA) is 89.7 Å². The molecule has 21 heavy (non-hydrogen) atoms. The summed E-state index contributed by atoms with van der Waals surface area (Å²) in [6.07, 6.45) is -2.66. The van der Waals surface area contributed by atoms with Crippen molar-refractivity contribution in [3.05, 3.63) is 35.9 Å². The smallest absolute Gasteiger partial charge is 0.404 e. The number of sulfonamides is 1. The summed E-state index contributed by atoms with van der Waals surface area (Å²) in [5.41, 5.74) is 5.77. The first-order chi connectivity index (χ1) is 9.79. The average Bonchev–Trinajstić information content (AvgIpc) is 2.68. The van der Waals surface area contributed by atoms with Gasteiger partial charge in [-0.15, -0.1) is 0 Å². The zero-order valence-electron chi connectivity index (χ0n) is 11.5. The first kappa shape index (κ1) is 15.7. The van der Waals surface area contributed by atoms with Crippen molar-refractivity contribution in [2.75, 3.05) is 12.8 Å². The van der Waals surface area contributed by atoms with E-state index in [2.05, 4.69) is 0 Å². The molecule has 1 unspecified atom stereocenters. The number of alkyl halides is 1. The molecule has 1 aliphatic heterocycles. The molecule has 1 amide bonds. The van der Waals surface area contributed by atoms with E-state index in [0.29, 0.717) is 0 Å². The molecule has 1 fully saturated rings. The van der Waals surface area contributed by atoms with Gasteiger partial charge in [-0.3, -0.25) is 0 Å². The monoisotopic (exact) mass is 316 g/mol. The van der Waals surface area contributed by atoms with Gasteiger partial charge in [-0.2, -0.15) is 4.31 Å². The first-order valence-corrected chi connectivity index (χ1v) is 8.25. The van der Waals surface area contributed by atoms with E-state index in [4.69, 9.17) is 10.5 Å². The Labute approximate surface area is 122 Å². The van der Waals surface area contributed by atoms with Crippen molar-refractivity contribution in [3.63, 3.8) is 0 Å². The molecule has 0 radical (unpaired) electrons. The molecule has 1 saturated heterocycles. The van der Waals surface area contributed by atoms with Crippen LogP contribution in [0.4, 0.5) is 9.18 Å². The Kier molecular flexibility index (Phi) is 4.48. The van der Waals surface area contributed by atoms with Crippen LogP contribution >= 0.6 is 0 Å². The van der Waals surface area contributed by atoms with E-state index in [1.807, 2.05) is 6.07 Å². The van der Waals surface area contributed by atoms with Crippen molar-refractivity contribution in [2.45, 2.75) is 24.7 Å². The Balaban J connectivity index is 2.29. The molecule has 1 aromatic carbocycles. The van der Waals surface area contributed by atoms with Gasteiger partial charge in [0.05, 0.1) is 12.3 Å². The zero-order chi connectivity index (χ0) is 15.6. The van der Waals surface area contributed by atoms with Gasteiger partial charge in [-0.05, 0) is 12.0 Å². The summed E-state index contributed by atoms with van der Waals surface area (Å²) in [6.45, 7) is -0.339. The molecule has 0 bridgehead atoms. The second-order valence-electron chi connectivity index (χ2n) is 5.01. The summed E-state index contributed by atoms with van der Waals surface area (Å²) in [7, 11) is -3.61. The number of ether oxygens (including phenoxy) is 1. The number of nitrogens with two attached hydrogens (primary N) is 1. The SMILES string of the molecule is CS(=O)(=O)N1C[C@H](F)[C@@H](OC(N)=O)C1Cc1ccccc1. The van der Waals surface area contributed by atoms with Gasteiger partial charge in [0.1, 0.15) is 0 Å². The molecule has 0 spiro atoms. The fourth-order valence-corrected chi connectivity index (χ4v) is 3.66. The molecule has 8 heteroatoms. The minimum absolute atomic E-state index is 0.242. The number of benzene rings is 1. The van der Waals surface area contributed by atoms with Crippen LogP contribution in [0.5, 0.6) is 0 Å². The summed E-state index contributed by atoms with van der Waals surface area (Å²) in [5, 5.41) is 0. The molecule has 1 aliphatic rings. The van der Waals surface area contributed by atoms with Crippen LogP contribution in [0.15, 0.2) is 30.3 Å². The van der Waals surface area contributed by atoms with E-state index in [-0.39, 0.29) is 13.0 Å². The number of rotatable bonds is 4. The van der Waals surface area contributed by atoms with Gasteiger partial charge in [0.2, 0.25) is 10.0 Å². The summed E-state index contributed by atoms with van der Waals surface area (Å²) < 4.78 is 43.5. The van der Waals surface area contributed by atoms with Crippen molar-refractivity contribution in [2.24, 2.45) is 5.73 Å². The molecule has 116 valence electrons. The van der Waals surface area contributed by atoms with E-state index in [1.165, 1.54) is 0 Å². The van der Waals surface area contributed by atoms with Crippen molar-refractivity contribution in [1.82, 2.24) is 4.31 Å². The second-order valence-corrected chi connectivity index (χ2v) is 6.94. The van der Waals surface area contributed by atoms with Crippen molar-refractivity contribution in [3.8, 4) is 0 Å². The maximum atomic E-state index is 14.0. The van der Waals surface area contributed by atoms with Gasteiger partial charge >= 0.3 is 6.09 Å². The fraction of sp³-hybridized carbons (Fsp3) is 0.462. The number of hydrogen-bond donors (Lipinski definition) is 1. The Hall–Kier alpha value is -1.67. The standard InChI is InChI=1S/C13H17FN2O4S/c1-21(18,19)16-8-10(14)12(20-13(15)17)11(16)7-9-5-3-2-4-6-9/h2-6,10-12H,7-8H2,1H3,(H2,15,17)/t10-,11?,12+/m0/s1. The lowest BCUT2D eigenvalue weighted by molar-refractivity contribution is 0.0560. The molecular formula is C13H17FN2O4S. The van der Waals surface area contributed by atoms with Crippen LogP contribution in [0, 0.1) is 0 Å². The molecule has 6 nitrogen and oxygen atoms in total.